The third-order valence-electron chi connectivity index (χ3n) is 5.00. The van der Waals surface area contributed by atoms with Crippen molar-refractivity contribution in [1.29, 1.82) is 0 Å². The van der Waals surface area contributed by atoms with E-state index in [9.17, 15) is 26.4 Å². The van der Waals surface area contributed by atoms with Crippen molar-refractivity contribution in [2.24, 2.45) is 0 Å². The maximum Gasteiger partial charge on any atom is 0.490 e. The summed E-state index contributed by atoms with van der Waals surface area (Å²) in [4.78, 5) is 23.4. The van der Waals surface area contributed by atoms with Gasteiger partial charge in [0.05, 0.1) is 11.5 Å². The minimum Gasteiger partial charge on any atom is -0.475 e. The van der Waals surface area contributed by atoms with Crippen LogP contribution in [0.4, 0.5) is 24.5 Å². The van der Waals surface area contributed by atoms with E-state index in [4.69, 9.17) is 9.90 Å². The number of sulfone groups is 1. The van der Waals surface area contributed by atoms with E-state index in [-0.39, 0.29) is 23.8 Å². The molecular formula is C24H31F3N2O5S. The first-order valence-electron chi connectivity index (χ1n) is 10.9. The zero-order chi connectivity index (χ0) is 26.8. The largest absolute Gasteiger partial charge is 0.490 e. The van der Waals surface area contributed by atoms with Crippen LogP contribution in [-0.2, 0) is 25.2 Å². The first-order chi connectivity index (χ1) is 16.2. The number of nitrogens with one attached hydrogen (secondary N) is 1. The lowest BCUT2D eigenvalue weighted by molar-refractivity contribution is -0.192. The number of hydrogen-bond donors (Lipinski definition) is 2. The van der Waals surface area contributed by atoms with Crippen LogP contribution in [0.25, 0.3) is 0 Å². The molecule has 0 aromatic heterocycles. The number of aryl methyl sites for hydroxylation is 2. The number of benzene rings is 2. The summed E-state index contributed by atoms with van der Waals surface area (Å²) in [5, 5.41) is 9.96. The number of carbonyl (C=O) groups excluding carboxylic acids is 1. The first-order valence-corrected chi connectivity index (χ1v) is 12.7. The fraction of sp³-hybridized carbons (Fsp3) is 0.417. The maximum absolute atomic E-state index is 12.3. The van der Waals surface area contributed by atoms with Gasteiger partial charge in [0.25, 0.3) is 0 Å². The molecule has 0 saturated heterocycles. The van der Waals surface area contributed by atoms with Crippen molar-refractivity contribution in [1.82, 2.24) is 0 Å². The predicted molar refractivity (Wildman–Crippen MR) is 130 cm³/mol. The molecule has 0 bridgehead atoms. The molecule has 1 amide bonds. The number of nitrogens with zero attached hydrogens (tertiary/aromatic N) is 1. The van der Waals surface area contributed by atoms with Crippen LogP contribution >= 0.6 is 0 Å². The number of anilines is 2. The molecule has 0 fully saturated rings. The Kier molecular flexibility index (Phi) is 11.2. The molecule has 2 aromatic carbocycles. The van der Waals surface area contributed by atoms with Crippen LogP contribution in [0, 0.1) is 13.8 Å². The fourth-order valence-electron chi connectivity index (χ4n) is 3.04. The third-order valence-corrected chi connectivity index (χ3v) is 6.60. The summed E-state index contributed by atoms with van der Waals surface area (Å²) >= 11 is 0. The first kappa shape index (κ1) is 30.0. The second kappa shape index (κ2) is 13.1. The van der Waals surface area contributed by atoms with Crippen molar-refractivity contribution >= 4 is 33.1 Å². The standard InChI is InChI=1S/C22H30N2O3S.C2HF3O2/c1-5-24(6-2)20-11-12-21(18(4)15-20)23-22(25)13-14-28(26,27)16-19-9-7-17(3)8-10-19;3-2(4,5)1(6)7/h7-12,15H,5-6,13-14,16H2,1-4H3,(H,23,25);(H,6,7). The van der Waals surface area contributed by atoms with Gasteiger partial charge in [-0.2, -0.15) is 13.2 Å². The number of amides is 1. The van der Waals surface area contributed by atoms with E-state index in [1.807, 2.05) is 56.3 Å². The second-order valence-electron chi connectivity index (χ2n) is 7.85. The average molecular weight is 517 g/mol. The Balaban J connectivity index is 0.000000762. The van der Waals surface area contributed by atoms with Crippen LogP contribution in [0.1, 0.15) is 37.0 Å². The highest BCUT2D eigenvalue weighted by Crippen LogP contribution is 2.23. The van der Waals surface area contributed by atoms with E-state index < -0.39 is 22.0 Å². The van der Waals surface area contributed by atoms with E-state index >= 15 is 0 Å². The van der Waals surface area contributed by atoms with Crippen LogP contribution in [0.15, 0.2) is 42.5 Å². The van der Waals surface area contributed by atoms with Gasteiger partial charge in [0.2, 0.25) is 5.91 Å². The predicted octanol–water partition coefficient (Wildman–Crippen LogP) is 4.73. The van der Waals surface area contributed by atoms with Gasteiger partial charge in [0.15, 0.2) is 9.84 Å². The summed E-state index contributed by atoms with van der Waals surface area (Å²) in [6.07, 6.45) is -5.13. The Hall–Kier alpha value is -3.08. The molecule has 0 unspecified atom stereocenters. The number of hydrogen-bond acceptors (Lipinski definition) is 5. The van der Waals surface area contributed by atoms with Crippen LogP contribution in [-0.4, -0.2) is 50.4 Å². The SMILES string of the molecule is CCN(CC)c1ccc(NC(=O)CCS(=O)(=O)Cc2ccc(C)cc2)c(C)c1.O=C(O)C(F)(F)F. The third kappa shape index (κ3) is 10.8. The van der Waals surface area contributed by atoms with Gasteiger partial charge in [-0.3, -0.25) is 4.79 Å². The number of aliphatic carboxylic acids is 1. The second-order valence-corrected chi connectivity index (χ2v) is 10.0. The Labute approximate surface area is 203 Å². The van der Waals surface area contributed by atoms with Crippen LogP contribution in [0.5, 0.6) is 0 Å². The van der Waals surface area contributed by atoms with E-state index in [2.05, 4.69) is 24.1 Å². The summed E-state index contributed by atoms with van der Waals surface area (Å²) in [5.74, 6) is -3.25. The highest BCUT2D eigenvalue weighted by Gasteiger charge is 2.38. The lowest BCUT2D eigenvalue weighted by Crippen LogP contribution is -2.22. The summed E-state index contributed by atoms with van der Waals surface area (Å²) in [6.45, 7) is 9.94. The summed E-state index contributed by atoms with van der Waals surface area (Å²) in [7, 11) is -3.34. The Morgan fingerprint density at radius 3 is 2.00 bits per heavy atom. The Morgan fingerprint density at radius 1 is 1.00 bits per heavy atom. The highest BCUT2D eigenvalue weighted by molar-refractivity contribution is 7.90. The number of carbonyl (C=O) groups is 2. The summed E-state index contributed by atoms with van der Waals surface area (Å²) < 4.78 is 56.4. The molecule has 35 heavy (non-hydrogen) atoms. The molecule has 0 aliphatic heterocycles. The molecule has 0 saturated carbocycles. The minimum atomic E-state index is -5.08. The smallest absolute Gasteiger partial charge is 0.475 e. The Morgan fingerprint density at radius 2 is 1.54 bits per heavy atom. The monoisotopic (exact) mass is 516 g/mol. The minimum absolute atomic E-state index is 0.0435. The number of carboxylic acid groups (broad SMARTS) is 1. The molecule has 0 aliphatic rings. The highest BCUT2D eigenvalue weighted by atomic mass is 32.2. The molecular weight excluding hydrogens is 485 g/mol. The number of alkyl halides is 3. The normalized spacial score (nSPS) is 11.3. The molecule has 0 heterocycles. The van der Waals surface area contributed by atoms with E-state index in [0.717, 1.165) is 41.2 Å². The van der Waals surface area contributed by atoms with Crippen LogP contribution < -0.4 is 10.2 Å². The Bertz CT molecular complexity index is 1100. The molecule has 0 aliphatic carbocycles. The van der Waals surface area contributed by atoms with Crippen LogP contribution in [0.2, 0.25) is 0 Å². The van der Waals surface area contributed by atoms with Crippen molar-refractivity contribution < 1.29 is 36.3 Å². The van der Waals surface area contributed by atoms with Crippen molar-refractivity contribution in [3.05, 3.63) is 59.2 Å². The average Bonchev–Trinajstić information content (AvgIpc) is 2.76. The number of carboxylic acids is 1. The van der Waals surface area contributed by atoms with Crippen molar-refractivity contribution in [3.8, 4) is 0 Å². The number of halogens is 3. The van der Waals surface area contributed by atoms with Gasteiger partial charge in [-0.05, 0) is 57.0 Å². The lowest BCUT2D eigenvalue weighted by atomic mass is 10.1. The van der Waals surface area contributed by atoms with E-state index in [0.29, 0.717) is 0 Å². The fourth-order valence-corrected chi connectivity index (χ4v) is 4.39. The molecule has 0 spiro atoms. The zero-order valence-electron chi connectivity index (χ0n) is 20.1. The zero-order valence-corrected chi connectivity index (χ0v) is 21.0. The van der Waals surface area contributed by atoms with Gasteiger partial charge in [-0.15, -0.1) is 0 Å². The van der Waals surface area contributed by atoms with Gasteiger partial charge in [0.1, 0.15) is 0 Å². The summed E-state index contributed by atoms with van der Waals surface area (Å²) in [5.41, 5.74) is 4.62. The van der Waals surface area contributed by atoms with Gasteiger partial charge in [-0.25, -0.2) is 13.2 Å². The molecule has 11 heteroatoms. The molecule has 7 nitrogen and oxygen atoms in total. The van der Waals surface area contributed by atoms with Gasteiger partial charge in [0, 0.05) is 30.9 Å². The van der Waals surface area contributed by atoms with Crippen molar-refractivity contribution in [2.75, 3.05) is 29.1 Å². The molecule has 0 radical (unpaired) electrons. The lowest BCUT2D eigenvalue weighted by Gasteiger charge is -2.22. The topological polar surface area (TPSA) is 104 Å². The quantitative estimate of drug-likeness (QED) is 0.500. The van der Waals surface area contributed by atoms with Gasteiger partial charge in [-0.1, -0.05) is 29.8 Å². The van der Waals surface area contributed by atoms with E-state index in [1.54, 1.807) is 0 Å². The van der Waals surface area contributed by atoms with Crippen molar-refractivity contribution in [2.45, 2.75) is 46.0 Å². The maximum atomic E-state index is 12.3. The molecule has 2 rings (SSSR count). The number of rotatable bonds is 9. The molecule has 194 valence electrons. The van der Waals surface area contributed by atoms with E-state index in [1.165, 1.54) is 0 Å². The van der Waals surface area contributed by atoms with Crippen LogP contribution in [0.3, 0.4) is 0 Å². The molecule has 0 atom stereocenters. The van der Waals surface area contributed by atoms with Gasteiger partial charge >= 0.3 is 12.1 Å². The van der Waals surface area contributed by atoms with Crippen molar-refractivity contribution in [3.63, 3.8) is 0 Å². The van der Waals surface area contributed by atoms with Gasteiger partial charge < -0.3 is 15.3 Å². The summed E-state index contributed by atoms with van der Waals surface area (Å²) in [6, 6.07) is 13.3. The molecule has 2 aromatic rings. The molecule has 2 N–H and O–H groups in total.